The highest BCUT2D eigenvalue weighted by Crippen LogP contribution is 2.36. The van der Waals surface area contributed by atoms with Crippen molar-refractivity contribution in [3.63, 3.8) is 0 Å². The fraction of sp³-hybridized carbons (Fsp3) is 0.154. The average molecular weight is 466 g/mol. The van der Waals surface area contributed by atoms with E-state index in [1.807, 2.05) is 74.7 Å². The number of hydrogen-bond donors (Lipinski definition) is 0. The topological polar surface area (TPSA) is 29.6 Å². The molecule has 7 heteroatoms. The van der Waals surface area contributed by atoms with Gasteiger partial charge in [0.05, 0.1) is 22.7 Å². The van der Waals surface area contributed by atoms with Crippen LogP contribution in [0.15, 0.2) is 88.3 Å². The Bertz CT molecular complexity index is 1360. The Morgan fingerprint density at radius 2 is 1.45 bits per heavy atom. The average Bonchev–Trinajstić information content (AvgIpc) is 3.16. The molecule has 0 aliphatic heterocycles. The number of nitrogens with zero attached hydrogens (tertiary/aromatic N) is 3. The van der Waals surface area contributed by atoms with Crippen LogP contribution in [-0.4, -0.2) is 10.4 Å². The number of halogens is 3. The van der Waals surface area contributed by atoms with E-state index in [1.54, 1.807) is 10.7 Å². The van der Waals surface area contributed by atoms with E-state index in [1.165, 1.54) is 23.5 Å². The number of thiazole rings is 1. The zero-order valence-electron chi connectivity index (χ0n) is 18.4. The highest BCUT2D eigenvalue weighted by atomic mass is 32.1. The van der Waals surface area contributed by atoms with Crippen LogP contribution in [0.1, 0.15) is 29.2 Å². The first-order valence-corrected chi connectivity index (χ1v) is 11.2. The second-order valence-electron chi connectivity index (χ2n) is 7.76. The van der Waals surface area contributed by atoms with Crippen molar-refractivity contribution in [3.8, 4) is 11.3 Å². The van der Waals surface area contributed by atoms with E-state index >= 15 is 0 Å². The molecule has 1 aromatic heterocycles. The third-order valence-corrected chi connectivity index (χ3v) is 5.99. The monoisotopic (exact) mass is 465 g/mol. The maximum absolute atomic E-state index is 13.5. The molecule has 0 saturated carbocycles. The van der Waals surface area contributed by atoms with Crippen LogP contribution in [0, 0.1) is 13.8 Å². The lowest BCUT2D eigenvalue weighted by Crippen LogP contribution is -2.14. The number of benzene rings is 3. The summed E-state index contributed by atoms with van der Waals surface area (Å²) in [7, 11) is 0. The minimum Gasteiger partial charge on any atom is -0.219 e. The van der Waals surface area contributed by atoms with Gasteiger partial charge in [-0.1, -0.05) is 71.8 Å². The lowest BCUT2D eigenvalue weighted by molar-refractivity contribution is -0.137. The van der Waals surface area contributed by atoms with E-state index in [0.717, 1.165) is 39.7 Å². The normalized spacial score (nSPS) is 12.9. The predicted molar refractivity (Wildman–Crippen MR) is 128 cm³/mol. The molecule has 3 aromatic carbocycles. The molecule has 0 aliphatic rings. The standard InChI is InChI=1S/C26H22F3N3S/c1-17-8-12-20(13-9-17)19(3)31-32-24(21-14-10-18(2)11-15-21)16-33-25(32)30-23-7-5-4-6-22(23)26(27,28)29/h4-16H,1-3H3/b30-25?,31-19+. The molecular formula is C26H22F3N3S. The van der Waals surface area contributed by atoms with Gasteiger partial charge in [-0.05, 0) is 38.5 Å². The van der Waals surface area contributed by atoms with Crippen molar-refractivity contribution < 1.29 is 13.2 Å². The van der Waals surface area contributed by atoms with Crippen LogP contribution in [-0.2, 0) is 6.18 Å². The van der Waals surface area contributed by atoms with Crippen LogP contribution < -0.4 is 4.80 Å². The number of para-hydroxylation sites is 1. The van der Waals surface area contributed by atoms with E-state index in [4.69, 9.17) is 5.10 Å². The zero-order chi connectivity index (χ0) is 23.6. The van der Waals surface area contributed by atoms with E-state index in [-0.39, 0.29) is 5.69 Å². The van der Waals surface area contributed by atoms with E-state index in [2.05, 4.69) is 4.99 Å². The summed E-state index contributed by atoms with van der Waals surface area (Å²) in [5, 5.41) is 6.64. The van der Waals surface area contributed by atoms with Crippen LogP contribution in [0.2, 0.25) is 0 Å². The smallest absolute Gasteiger partial charge is 0.219 e. The number of rotatable bonds is 4. The molecule has 0 aliphatic carbocycles. The highest BCUT2D eigenvalue weighted by molar-refractivity contribution is 7.07. The summed E-state index contributed by atoms with van der Waals surface area (Å²) >= 11 is 1.25. The molecule has 0 fully saturated rings. The van der Waals surface area contributed by atoms with Crippen molar-refractivity contribution in [2.24, 2.45) is 10.1 Å². The van der Waals surface area contributed by atoms with Crippen molar-refractivity contribution in [2.75, 3.05) is 0 Å². The third kappa shape index (κ3) is 5.14. The second-order valence-corrected chi connectivity index (χ2v) is 8.60. The molecule has 4 rings (SSSR count). The Hall–Kier alpha value is -3.45. The van der Waals surface area contributed by atoms with E-state index in [9.17, 15) is 13.2 Å². The van der Waals surface area contributed by atoms with E-state index < -0.39 is 11.7 Å². The van der Waals surface area contributed by atoms with Gasteiger partial charge in [0.2, 0.25) is 4.80 Å². The van der Waals surface area contributed by atoms with Gasteiger partial charge in [-0.3, -0.25) is 0 Å². The van der Waals surface area contributed by atoms with Crippen molar-refractivity contribution in [1.29, 1.82) is 0 Å². The van der Waals surface area contributed by atoms with Crippen molar-refractivity contribution in [2.45, 2.75) is 26.9 Å². The van der Waals surface area contributed by atoms with Gasteiger partial charge >= 0.3 is 6.18 Å². The summed E-state index contributed by atoms with van der Waals surface area (Å²) in [6, 6.07) is 21.2. The van der Waals surface area contributed by atoms with Crippen LogP contribution in [0.25, 0.3) is 11.3 Å². The summed E-state index contributed by atoms with van der Waals surface area (Å²) in [6.07, 6.45) is -4.50. The molecule has 0 amide bonds. The minimum absolute atomic E-state index is 0.140. The van der Waals surface area contributed by atoms with Crippen molar-refractivity contribution in [3.05, 3.63) is 105 Å². The Kier molecular flexibility index (Phi) is 6.33. The molecule has 0 N–H and O–H groups in total. The molecule has 0 unspecified atom stereocenters. The quantitative estimate of drug-likeness (QED) is 0.282. The highest BCUT2D eigenvalue weighted by Gasteiger charge is 2.33. The summed E-state index contributed by atoms with van der Waals surface area (Å²) in [5.74, 6) is 0. The van der Waals surface area contributed by atoms with Crippen LogP contribution in [0.4, 0.5) is 18.9 Å². The first-order valence-electron chi connectivity index (χ1n) is 10.3. The van der Waals surface area contributed by atoms with Gasteiger partial charge in [-0.25, -0.2) is 9.67 Å². The lowest BCUT2D eigenvalue weighted by atomic mass is 10.1. The van der Waals surface area contributed by atoms with Crippen LogP contribution in [0.3, 0.4) is 0 Å². The molecule has 168 valence electrons. The fourth-order valence-electron chi connectivity index (χ4n) is 3.31. The molecule has 33 heavy (non-hydrogen) atoms. The summed E-state index contributed by atoms with van der Waals surface area (Å²) in [4.78, 5) is 4.74. The van der Waals surface area contributed by atoms with E-state index in [0.29, 0.717) is 4.80 Å². The number of alkyl halides is 3. The Morgan fingerprint density at radius 3 is 2.09 bits per heavy atom. The van der Waals surface area contributed by atoms with Gasteiger partial charge < -0.3 is 0 Å². The van der Waals surface area contributed by atoms with Crippen molar-refractivity contribution in [1.82, 2.24) is 4.68 Å². The Balaban J connectivity index is 1.92. The molecule has 1 heterocycles. The van der Waals surface area contributed by atoms with Gasteiger partial charge in [-0.2, -0.15) is 18.3 Å². The number of aromatic nitrogens is 1. The lowest BCUT2D eigenvalue weighted by Gasteiger charge is -2.10. The largest absolute Gasteiger partial charge is 0.418 e. The molecule has 0 atom stereocenters. The molecule has 0 bridgehead atoms. The molecule has 0 spiro atoms. The summed E-state index contributed by atoms with van der Waals surface area (Å²) in [6.45, 7) is 5.89. The van der Waals surface area contributed by atoms with Crippen LogP contribution >= 0.6 is 11.3 Å². The first kappa shape index (κ1) is 22.7. The van der Waals surface area contributed by atoms with Gasteiger partial charge in [0.1, 0.15) is 0 Å². The summed E-state index contributed by atoms with van der Waals surface area (Å²) in [5.41, 5.74) is 4.65. The van der Waals surface area contributed by atoms with Gasteiger partial charge in [-0.15, -0.1) is 11.3 Å². The zero-order valence-corrected chi connectivity index (χ0v) is 19.2. The Labute approximate surface area is 194 Å². The summed E-state index contributed by atoms with van der Waals surface area (Å²) < 4.78 is 42.2. The molecule has 0 radical (unpaired) electrons. The van der Waals surface area contributed by atoms with Gasteiger partial charge in [0, 0.05) is 10.9 Å². The SMILES string of the molecule is C/C(=N\n1c(-c2ccc(C)cc2)csc1=Nc1ccccc1C(F)(F)F)c1ccc(C)cc1. The number of hydrogen-bond acceptors (Lipinski definition) is 3. The minimum atomic E-state index is -4.50. The van der Waals surface area contributed by atoms with Crippen LogP contribution in [0.5, 0.6) is 0 Å². The molecule has 3 nitrogen and oxygen atoms in total. The number of aryl methyl sites for hydroxylation is 2. The Morgan fingerprint density at radius 1 is 0.848 bits per heavy atom. The second kappa shape index (κ2) is 9.19. The molecular weight excluding hydrogens is 443 g/mol. The maximum atomic E-state index is 13.5. The first-order chi connectivity index (χ1) is 15.7. The van der Waals surface area contributed by atoms with Crippen molar-refractivity contribution >= 4 is 22.7 Å². The predicted octanol–water partition coefficient (Wildman–Crippen LogP) is 7.36. The molecule has 0 saturated heterocycles. The maximum Gasteiger partial charge on any atom is 0.418 e. The van der Waals surface area contributed by atoms with Gasteiger partial charge in [0.25, 0.3) is 0 Å². The fourth-order valence-corrected chi connectivity index (χ4v) is 4.16. The van der Waals surface area contributed by atoms with Gasteiger partial charge in [0.15, 0.2) is 0 Å². The third-order valence-electron chi connectivity index (χ3n) is 5.18. The molecule has 4 aromatic rings.